The summed E-state index contributed by atoms with van der Waals surface area (Å²) in [7, 11) is 4.10. The Bertz CT molecular complexity index is 41.9. The summed E-state index contributed by atoms with van der Waals surface area (Å²) in [5.74, 6) is 0. The van der Waals surface area contributed by atoms with Crippen LogP contribution in [0.25, 0.3) is 0 Å². The number of hydrogen-bond acceptors (Lipinski definition) is 2. The van der Waals surface area contributed by atoms with Gasteiger partial charge in [-0.2, -0.15) is 0 Å². The second kappa shape index (κ2) is 12.1. The van der Waals surface area contributed by atoms with Gasteiger partial charge in [-0.25, -0.2) is 0 Å². The van der Waals surface area contributed by atoms with Crippen molar-refractivity contribution in [3.8, 4) is 0 Å². The van der Waals surface area contributed by atoms with Gasteiger partial charge in [0.15, 0.2) is 0 Å². The van der Waals surface area contributed by atoms with E-state index in [0.717, 1.165) is 19.5 Å². The highest BCUT2D eigenvalue weighted by molar-refractivity contribution is 14.0. The molecule has 9 heavy (non-hydrogen) atoms. The molecule has 0 amide bonds. The normalized spacial score (nSPS) is 8.00. The zero-order valence-electron chi connectivity index (χ0n) is 5.96. The summed E-state index contributed by atoms with van der Waals surface area (Å²) in [6.07, 6.45) is 1.10. The predicted molar refractivity (Wildman–Crippen MR) is 63.1 cm³/mol. The lowest BCUT2D eigenvalue weighted by Crippen LogP contribution is -2.16. The highest BCUT2D eigenvalue weighted by Crippen LogP contribution is 1.76. The molecule has 0 spiro atoms. The lowest BCUT2D eigenvalue weighted by atomic mass is 10.4. The van der Waals surface area contributed by atoms with E-state index in [1.165, 1.54) is 0 Å². The van der Waals surface area contributed by atoms with Crippen molar-refractivity contribution in [2.24, 2.45) is 5.73 Å². The summed E-state index contributed by atoms with van der Waals surface area (Å²) in [5, 5.41) is 0. The van der Waals surface area contributed by atoms with Crippen LogP contribution in [0.1, 0.15) is 6.42 Å². The molecule has 0 aromatic heterocycles. The molecule has 2 nitrogen and oxygen atoms in total. The maximum absolute atomic E-state index is 5.25. The molecule has 0 bridgehead atoms. The Hall–Kier alpha value is 1.38. The van der Waals surface area contributed by atoms with E-state index in [-0.39, 0.29) is 48.0 Å². The van der Waals surface area contributed by atoms with Crippen LogP contribution in [-0.4, -0.2) is 32.1 Å². The second-order valence-corrected chi connectivity index (χ2v) is 1.95. The number of nitrogens with zero attached hydrogens (tertiary/aromatic N) is 1. The van der Waals surface area contributed by atoms with Crippen LogP contribution in [0.15, 0.2) is 0 Å². The SMILES string of the molecule is CN(C)CCCN.I.I. The van der Waals surface area contributed by atoms with Gasteiger partial charge in [-0.1, -0.05) is 0 Å². The average molecular weight is 358 g/mol. The van der Waals surface area contributed by atoms with E-state index in [2.05, 4.69) is 19.0 Å². The first-order chi connectivity index (χ1) is 3.27. The van der Waals surface area contributed by atoms with Gasteiger partial charge in [0.25, 0.3) is 0 Å². The van der Waals surface area contributed by atoms with E-state index < -0.39 is 0 Å². The van der Waals surface area contributed by atoms with Crippen molar-refractivity contribution in [1.29, 1.82) is 0 Å². The quantitative estimate of drug-likeness (QED) is 0.767. The molecule has 0 unspecified atom stereocenters. The molecule has 0 aliphatic rings. The first-order valence-electron chi connectivity index (χ1n) is 2.62. The van der Waals surface area contributed by atoms with Gasteiger partial charge in [0, 0.05) is 0 Å². The Morgan fingerprint density at radius 1 is 1.22 bits per heavy atom. The monoisotopic (exact) mass is 358 g/mol. The average Bonchev–Trinajstić information content (AvgIpc) is 1.61. The topological polar surface area (TPSA) is 29.3 Å². The maximum Gasteiger partial charge on any atom is -0.00128 e. The Morgan fingerprint density at radius 3 is 1.78 bits per heavy atom. The van der Waals surface area contributed by atoms with Crippen molar-refractivity contribution in [3.63, 3.8) is 0 Å². The molecule has 0 aliphatic carbocycles. The van der Waals surface area contributed by atoms with E-state index in [4.69, 9.17) is 5.73 Å². The molecular formula is C5H16I2N2. The van der Waals surface area contributed by atoms with Gasteiger partial charge >= 0.3 is 0 Å². The highest BCUT2D eigenvalue weighted by atomic mass is 127. The van der Waals surface area contributed by atoms with Crippen molar-refractivity contribution in [1.82, 2.24) is 4.90 Å². The number of hydrogen-bond donors (Lipinski definition) is 1. The summed E-state index contributed by atoms with van der Waals surface area (Å²) in [6, 6.07) is 0. The third-order valence-electron chi connectivity index (χ3n) is 0.809. The molecule has 0 atom stereocenters. The summed E-state index contributed by atoms with van der Waals surface area (Å²) >= 11 is 0. The van der Waals surface area contributed by atoms with Crippen molar-refractivity contribution >= 4 is 48.0 Å². The molecule has 0 radical (unpaired) electrons. The second-order valence-electron chi connectivity index (χ2n) is 1.95. The van der Waals surface area contributed by atoms with Crippen LogP contribution in [0.5, 0.6) is 0 Å². The van der Waals surface area contributed by atoms with Crippen LogP contribution in [0, 0.1) is 0 Å². The molecule has 2 N–H and O–H groups in total. The third-order valence-corrected chi connectivity index (χ3v) is 0.809. The Labute approximate surface area is 91.6 Å². The summed E-state index contributed by atoms with van der Waals surface area (Å²) in [6.45, 7) is 1.91. The van der Waals surface area contributed by atoms with Crippen molar-refractivity contribution in [3.05, 3.63) is 0 Å². The summed E-state index contributed by atoms with van der Waals surface area (Å²) < 4.78 is 0. The molecule has 0 heterocycles. The third kappa shape index (κ3) is 17.7. The van der Waals surface area contributed by atoms with Crippen molar-refractivity contribution < 1.29 is 0 Å². The smallest absolute Gasteiger partial charge is 0.00128 e. The van der Waals surface area contributed by atoms with Crippen molar-refractivity contribution in [2.45, 2.75) is 6.42 Å². The fourth-order valence-electron chi connectivity index (χ4n) is 0.408. The Balaban J connectivity index is -0.000000180. The van der Waals surface area contributed by atoms with E-state index in [1.807, 2.05) is 0 Å². The molecule has 0 saturated heterocycles. The van der Waals surface area contributed by atoms with Crippen LogP contribution in [0.4, 0.5) is 0 Å². The maximum atomic E-state index is 5.25. The Morgan fingerprint density at radius 2 is 1.67 bits per heavy atom. The number of rotatable bonds is 3. The zero-order chi connectivity index (χ0) is 5.70. The fraction of sp³-hybridized carbons (Fsp3) is 1.00. The van der Waals surface area contributed by atoms with Gasteiger partial charge < -0.3 is 10.6 Å². The minimum absolute atomic E-state index is 0. The standard InChI is InChI=1S/C5H14N2.2HI/c1-7(2)5-3-4-6;;/h3-6H2,1-2H3;2*1H. The largest absolute Gasteiger partial charge is 0.330 e. The number of nitrogens with two attached hydrogens (primary N) is 1. The first kappa shape index (κ1) is 16.8. The predicted octanol–water partition coefficient (Wildman–Crippen LogP) is 1.13. The van der Waals surface area contributed by atoms with E-state index in [0.29, 0.717) is 0 Å². The number of halogens is 2. The van der Waals surface area contributed by atoms with E-state index >= 15 is 0 Å². The lowest BCUT2D eigenvalue weighted by Gasteiger charge is -2.05. The minimum Gasteiger partial charge on any atom is -0.330 e. The van der Waals surface area contributed by atoms with Gasteiger partial charge in [-0.05, 0) is 33.6 Å². The summed E-state index contributed by atoms with van der Waals surface area (Å²) in [5.41, 5.74) is 5.25. The van der Waals surface area contributed by atoms with Crippen LogP contribution < -0.4 is 5.73 Å². The van der Waals surface area contributed by atoms with Gasteiger partial charge in [-0.15, -0.1) is 48.0 Å². The molecule has 60 valence electrons. The van der Waals surface area contributed by atoms with Crippen LogP contribution in [0.2, 0.25) is 0 Å². The first-order valence-corrected chi connectivity index (χ1v) is 2.62. The molecular weight excluding hydrogens is 342 g/mol. The Kier molecular flexibility index (Phi) is 22.5. The highest BCUT2D eigenvalue weighted by Gasteiger charge is 1.83. The molecule has 0 saturated carbocycles. The molecule has 4 heteroatoms. The van der Waals surface area contributed by atoms with Crippen molar-refractivity contribution in [2.75, 3.05) is 27.2 Å². The van der Waals surface area contributed by atoms with Crippen LogP contribution in [-0.2, 0) is 0 Å². The van der Waals surface area contributed by atoms with Gasteiger partial charge in [-0.3, -0.25) is 0 Å². The zero-order valence-corrected chi connectivity index (χ0v) is 10.6. The van der Waals surface area contributed by atoms with E-state index in [9.17, 15) is 0 Å². The molecule has 0 aromatic carbocycles. The minimum atomic E-state index is 0. The fourth-order valence-corrected chi connectivity index (χ4v) is 0.408. The molecule has 0 aromatic rings. The molecule has 0 rings (SSSR count). The van der Waals surface area contributed by atoms with Gasteiger partial charge in [0.05, 0.1) is 0 Å². The molecule has 0 aliphatic heterocycles. The van der Waals surface area contributed by atoms with Gasteiger partial charge in [0.2, 0.25) is 0 Å². The van der Waals surface area contributed by atoms with Crippen LogP contribution >= 0.6 is 48.0 Å². The summed E-state index contributed by atoms with van der Waals surface area (Å²) in [4.78, 5) is 2.13. The van der Waals surface area contributed by atoms with Gasteiger partial charge in [0.1, 0.15) is 0 Å². The van der Waals surface area contributed by atoms with Crippen LogP contribution in [0.3, 0.4) is 0 Å². The van der Waals surface area contributed by atoms with E-state index in [1.54, 1.807) is 0 Å². The molecule has 0 fully saturated rings. The lowest BCUT2D eigenvalue weighted by molar-refractivity contribution is 0.403.